The lowest BCUT2D eigenvalue weighted by atomic mass is 10.7. The van der Waals surface area contributed by atoms with E-state index in [1.807, 2.05) is 6.26 Å². The number of amides is 1. The van der Waals surface area contributed by atoms with Gasteiger partial charge in [-0.3, -0.25) is 9.52 Å². The Labute approximate surface area is 46.8 Å². The second kappa shape index (κ2) is 3.95. The Hall–Kier alpha value is -0.220. The zero-order valence-electron chi connectivity index (χ0n) is 4.10. The highest BCUT2D eigenvalue weighted by molar-refractivity contribution is 7.96. The van der Waals surface area contributed by atoms with Gasteiger partial charge >= 0.3 is 0 Å². The maximum Gasteiger partial charge on any atom is 0.232 e. The van der Waals surface area contributed by atoms with Crippen molar-refractivity contribution in [3.63, 3.8) is 0 Å². The molecule has 0 heterocycles. The first-order valence-electron chi connectivity index (χ1n) is 1.81. The van der Waals surface area contributed by atoms with Crippen LogP contribution < -0.4 is 10.5 Å². The lowest BCUT2D eigenvalue weighted by Crippen LogP contribution is -2.23. The average molecular weight is 120 g/mol. The molecule has 0 fully saturated rings. The summed E-state index contributed by atoms with van der Waals surface area (Å²) in [6.07, 6.45) is 1.84. The van der Waals surface area contributed by atoms with Crippen LogP contribution in [0.2, 0.25) is 0 Å². The van der Waals surface area contributed by atoms with E-state index in [0.29, 0.717) is 0 Å². The fourth-order valence-corrected chi connectivity index (χ4v) is 0.430. The van der Waals surface area contributed by atoms with Gasteiger partial charge in [0.25, 0.3) is 0 Å². The molecule has 0 aliphatic rings. The van der Waals surface area contributed by atoms with Crippen molar-refractivity contribution >= 4 is 17.9 Å². The summed E-state index contributed by atoms with van der Waals surface area (Å²) in [7, 11) is 0. The summed E-state index contributed by atoms with van der Waals surface area (Å²) in [6, 6.07) is 0. The quantitative estimate of drug-likeness (QED) is 0.486. The van der Waals surface area contributed by atoms with E-state index in [-0.39, 0.29) is 12.5 Å². The Morgan fingerprint density at radius 3 is 2.71 bits per heavy atom. The van der Waals surface area contributed by atoms with Crippen LogP contribution >= 0.6 is 11.9 Å². The summed E-state index contributed by atoms with van der Waals surface area (Å²) in [5.74, 6) is -0.325. The maximum atomic E-state index is 9.90. The van der Waals surface area contributed by atoms with E-state index < -0.39 is 0 Å². The number of hydrogen-bond donors (Lipinski definition) is 2. The molecule has 0 aliphatic heterocycles. The molecule has 0 saturated heterocycles. The van der Waals surface area contributed by atoms with Crippen molar-refractivity contribution < 1.29 is 4.79 Å². The molecule has 0 unspecified atom stereocenters. The van der Waals surface area contributed by atoms with Gasteiger partial charge in [0.15, 0.2) is 0 Å². The molecule has 7 heavy (non-hydrogen) atoms. The third kappa shape index (κ3) is 5.78. The standard InChI is InChI=1S/C3H8N2OS/c1-7-5-2-3(4)6/h5H,2H2,1H3,(H2,4,6). The SMILES string of the molecule is CSNCC(N)=O. The van der Waals surface area contributed by atoms with E-state index in [4.69, 9.17) is 5.73 Å². The Morgan fingerprint density at radius 1 is 2.00 bits per heavy atom. The van der Waals surface area contributed by atoms with E-state index in [9.17, 15) is 4.79 Å². The molecule has 0 saturated carbocycles. The van der Waals surface area contributed by atoms with Gasteiger partial charge in [0.1, 0.15) is 0 Å². The van der Waals surface area contributed by atoms with Gasteiger partial charge in [-0.25, -0.2) is 0 Å². The first-order valence-corrected chi connectivity index (χ1v) is 3.04. The summed E-state index contributed by atoms with van der Waals surface area (Å²) in [5.41, 5.74) is 4.76. The van der Waals surface area contributed by atoms with Gasteiger partial charge in [0.2, 0.25) is 5.91 Å². The van der Waals surface area contributed by atoms with E-state index >= 15 is 0 Å². The van der Waals surface area contributed by atoms with E-state index in [1.165, 1.54) is 11.9 Å². The van der Waals surface area contributed by atoms with E-state index in [1.54, 1.807) is 0 Å². The van der Waals surface area contributed by atoms with Crippen molar-refractivity contribution in [2.45, 2.75) is 0 Å². The van der Waals surface area contributed by atoms with Crippen LogP contribution in [0.4, 0.5) is 0 Å². The smallest absolute Gasteiger partial charge is 0.232 e. The molecule has 1 amide bonds. The average Bonchev–Trinajstić information content (AvgIpc) is 1.61. The summed E-state index contributed by atoms with van der Waals surface area (Å²) in [5, 5.41) is 0. The number of nitrogens with one attached hydrogen (secondary N) is 1. The number of carbonyl (C=O) groups is 1. The number of carbonyl (C=O) groups excluding carboxylic acids is 1. The molecule has 0 atom stereocenters. The van der Waals surface area contributed by atoms with Crippen molar-refractivity contribution in [1.82, 2.24) is 4.72 Å². The molecule has 42 valence electrons. The Morgan fingerprint density at radius 2 is 2.57 bits per heavy atom. The van der Waals surface area contributed by atoms with Crippen LogP contribution in [0.25, 0.3) is 0 Å². The van der Waals surface area contributed by atoms with Crippen LogP contribution in [0.1, 0.15) is 0 Å². The molecular formula is C3H8N2OS. The highest BCUT2D eigenvalue weighted by Gasteiger charge is 1.86. The molecule has 0 aromatic carbocycles. The molecule has 3 N–H and O–H groups in total. The third-order valence-corrected chi connectivity index (χ3v) is 0.824. The summed E-state index contributed by atoms with van der Waals surface area (Å²) < 4.78 is 2.69. The van der Waals surface area contributed by atoms with Gasteiger partial charge in [0.05, 0.1) is 6.54 Å². The van der Waals surface area contributed by atoms with Gasteiger partial charge in [-0.1, -0.05) is 11.9 Å². The summed E-state index contributed by atoms with van der Waals surface area (Å²) >= 11 is 1.38. The van der Waals surface area contributed by atoms with Gasteiger partial charge in [-0.2, -0.15) is 0 Å². The minimum absolute atomic E-state index is 0.251. The predicted molar refractivity (Wildman–Crippen MR) is 30.7 cm³/mol. The normalized spacial score (nSPS) is 8.71. The summed E-state index contributed by atoms with van der Waals surface area (Å²) in [6.45, 7) is 0.251. The van der Waals surface area contributed by atoms with Crippen molar-refractivity contribution in [2.24, 2.45) is 5.73 Å². The number of nitrogens with two attached hydrogens (primary N) is 1. The lowest BCUT2D eigenvalue weighted by Gasteiger charge is -1.90. The van der Waals surface area contributed by atoms with Crippen molar-refractivity contribution in [2.75, 3.05) is 12.8 Å². The molecular weight excluding hydrogens is 112 g/mol. The fraction of sp³-hybridized carbons (Fsp3) is 0.667. The monoisotopic (exact) mass is 120 g/mol. The Kier molecular flexibility index (Phi) is 3.83. The largest absolute Gasteiger partial charge is 0.369 e. The third-order valence-electron chi connectivity index (χ3n) is 0.391. The molecule has 0 bridgehead atoms. The highest BCUT2D eigenvalue weighted by atomic mass is 32.2. The van der Waals surface area contributed by atoms with E-state index in [2.05, 4.69) is 4.72 Å². The maximum absolute atomic E-state index is 9.90. The Balaban J connectivity index is 2.82. The molecule has 0 aromatic rings. The fourth-order valence-electron chi connectivity index (χ4n) is 0.143. The minimum atomic E-state index is -0.325. The zero-order valence-corrected chi connectivity index (χ0v) is 4.92. The van der Waals surface area contributed by atoms with Crippen LogP contribution in [-0.4, -0.2) is 18.7 Å². The molecule has 0 rings (SSSR count). The van der Waals surface area contributed by atoms with Crippen LogP contribution in [0.15, 0.2) is 0 Å². The first-order chi connectivity index (χ1) is 3.27. The molecule has 4 heteroatoms. The molecule has 0 aromatic heterocycles. The van der Waals surface area contributed by atoms with Crippen molar-refractivity contribution in [3.8, 4) is 0 Å². The summed E-state index contributed by atoms with van der Waals surface area (Å²) in [4.78, 5) is 9.90. The van der Waals surface area contributed by atoms with Crippen LogP contribution in [0, 0.1) is 0 Å². The Bertz CT molecular complexity index is 66.0. The highest BCUT2D eigenvalue weighted by Crippen LogP contribution is 1.76. The van der Waals surface area contributed by atoms with Crippen molar-refractivity contribution in [1.29, 1.82) is 0 Å². The number of hydrogen-bond acceptors (Lipinski definition) is 3. The molecule has 3 nitrogen and oxygen atoms in total. The van der Waals surface area contributed by atoms with Crippen LogP contribution in [-0.2, 0) is 4.79 Å². The number of primary amides is 1. The second-order valence-electron chi connectivity index (χ2n) is 0.992. The minimum Gasteiger partial charge on any atom is -0.369 e. The zero-order chi connectivity index (χ0) is 5.70. The van der Waals surface area contributed by atoms with Gasteiger partial charge < -0.3 is 5.73 Å². The number of rotatable bonds is 3. The molecule has 0 aliphatic carbocycles. The second-order valence-corrected chi connectivity index (χ2v) is 1.69. The van der Waals surface area contributed by atoms with Crippen molar-refractivity contribution in [3.05, 3.63) is 0 Å². The lowest BCUT2D eigenvalue weighted by molar-refractivity contribution is -0.116. The van der Waals surface area contributed by atoms with Crippen LogP contribution in [0.5, 0.6) is 0 Å². The predicted octanol–water partition coefficient (Wildman–Crippen LogP) is -0.661. The molecule has 0 spiro atoms. The van der Waals surface area contributed by atoms with Crippen LogP contribution in [0.3, 0.4) is 0 Å². The van der Waals surface area contributed by atoms with Gasteiger partial charge in [-0.15, -0.1) is 0 Å². The topological polar surface area (TPSA) is 55.1 Å². The van der Waals surface area contributed by atoms with Gasteiger partial charge in [-0.05, 0) is 6.26 Å². The first kappa shape index (κ1) is 6.78. The van der Waals surface area contributed by atoms with E-state index in [0.717, 1.165) is 0 Å². The van der Waals surface area contributed by atoms with Gasteiger partial charge in [0, 0.05) is 0 Å². The molecule has 0 radical (unpaired) electrons.